The van der Waals surface area contributed by atoms with Crippen LogP contribution in [0.3, 0.4) is 0 Å². The summed E-state index contributed by atoms with van der Waals surface area (Å²) in [6.07, 6.45) is 2.18. The van der Waals surface area contributed by atoms with E-state index in [9.17, 15) is 8.42 Å². The van der Waals surface area contributed by atoms with E-state index in [0.29, 0.717) is 18.0 Å². The maximum absolute atomic E-state index is 12.4. The van der Waals surface area contributed by atoms with Crippen LogP contribution in [0.5, 0.6) is 0 Å². The minimum absolute atomic E-state index is 0.140. The number of hydrogen-bond donors (Lipinski definition) is 2. The van der Waals surface area contributed by atoms with Gasteiger partial charge in [0.05, 0.1) is 4.90 Å². The van der Waals surface area contributed by atoms with Gasteiger partial charge in [-0.05, 0) is 48.8 Å². The van der Waals surface area contributed by atoms with Crippen molar-refractivity contribution in [1.82, 2.24) is 4.72 Å². The van der Waals surface area contributed by atoms with Crippen LogP contribution < -0.4 is 10.5 Å². The minimum atomic E-state index is -3.49. The van der Waals surface area contributed by atoms with E-state index in [1.54, 1.807) is 18.2 Å². The highest BCUT2D eigenvalue weighted by Gasteiger charge is 2.45. The minimum Gasteiger partial charge on any atom is -0.389 e. The number of hydrogen-bond acceptors (Lipinski definition) is 3. The van der Waals surface area contributed by atoms with E-state index >= 15 is 0 Å². The summed E-state index contributed by atoms with van der Waals surface area (Å²) in [4.78, 5) is 0.542. The summed E-state index contributed by atoms with van der Waals surface area (Å²) >= 11 is 4.94. The fraction of sp³-hybridized carbons (Fsp3) is 0.533. The van der Waals surface area contributed by atoms with Gasteiger partial charge in [-0.1, -0.05) is 32.1 Å². The van der Waals surface area contributed by atoms with Crippen LogP contribution in [0.4, 0.5) is 0 Å². The smallest absolute Gasteiger partial charge is 0.240 e. The van der Waals surface area contributed by atoms with E-state index in [1.807, 2.05) is 6.92 Å². The van der Waals surface area contributed by atoms with E-state index < -0.39 is 10.0 Å². The first-order chi connectivity index (χ1) is 9.68. The van der Waals surface area contributed by atoms with Gasteiger partial charge in [-0.25, -0.2) is 13.1 Å². The number of thiocarbonyl (C=S) groups is 1. The van der Waals surface area contributed by atoms with Crippen molar-refractivity contribution in [2.75, 3.05) is 6.54 Å². The Hall–Kier alpha value is -0.980. The molecule has 0 bridgehead atoms. The van der Waals surface area contributed by atoms with Crippen LogP contribution in [0.25, 0.3) is 0 Å². The molecule has 0 radical (unpaired) electrons. The standard InChI is InChI=1S/C15H22N2O2S2/c1-10(2)15(6-7-15)9-17-21(18,19)12-4-5-13(14(16)20)11(3)8-12/h4-5,8,10,17H,6-7,9H2,1-3H3,(H2,16,20). The fourth-order valence-corrected chi connectivity index (χ4v) is 3.97. The molecular weight excluding hydrogens is 304 g/mol. The molecule has 1 aliphatic rings. The molecule has 0 aromatic heterocycles. The molecule has 0 spiro atoms. The van der Waals surface area contributed by atoms with Gasteiger partial charge in [0.25, 0.3) is 0 Å². The summed E-state index contributed by atoms with van der Waals surface area (Å²) in [5.41, 5.74) is 7.22. The van der Waals surface area contributed by atoms with E-state index in [4.69, 9.17) is 18.0 Å². The molecule has 0 aliphatic heterocycles. The molecular formula is C15H22N2O2S2. The highest BCUT2D eigenvalue weighted by Crippen LogP contribution is 2.51. The van der Waals surface area contributed by atoms with Crippen LogP contribution in [-0.4, -0.2) is 20.0 Å². The van der Waals surface area contributed by atoms with Crippen molar-refractivity contribution in [2.45, 2.75) is 38.5 Å². The van der Waals surface area contributed by atoms with Gasteiger partial charge in [0.2, 0.25) is 10.0 Å². The zero-order valence-corrected chi connectivity index (χ0v) is 14.3. The molecule has 6 heteroatoms. The normalized spacial score (nSPS) is 17.0. The molecule has 4 nitrogen and oxygen atoms in total. The van der Waals surface area contributed by atoms with Crippen LogP contribution in [0, 0.1) is 18.3 Å². The Morgan fingerprint density at radius 3 is 2.48 bits per heavy atom. The maximum Gasteiger partial charge on any atom is 0.240 e. The summed E-state index contributed by atoms with van der Waals surface area (Å²) in [5, 5.41) is 0. The number of nitrogens with two attached hydrogens (primary N) is 1. The molecule has 0 amide bonds. The van der Waals surface area contributed by atoms with Crippen molar-refractivity contribution < 1.29 is 8.42 Å². The second-order valence-corrected chi connectivity index (χ2v) is 8.39. The Bertz CT molecular complexity index is 662. The third-order valence-corrected chi connectivity index (χ3v) is 6.12. The van der Waals surface area contributed by atoms with E-state index in [2.05, 4.69) is 18.6 Å². The number of benzene rings is 1. The van der Waals surface area contributed by atoms with Gasteiger partial charge in [-0.3, -0.25) is 0 Å². The summed E-state index contributed by atoms with van der Waals surface area (Å²) < 4.78 is 27.5. The number of nitrogens with one attached hydrogen (secondary N) is 1. The molecule has 3 N–H and O–H groups in total. The van der Waals surface area contributed by atoms with Crippen LogP contribution in [0.2, 0.25) is 0 Å². The van der Waals surface area contributed by atoms with E-state index in [0.717, 1.165) is 18.4 Å². The van der Waals surface area contributed by atoms with Crippen molar-refractivity contribution in [2.24, 2.45) is 17.1 Å². The molecule has 0 heterocycles. The fourth-order valence-electron chi connectivity index (χ4n) is 2.52. The van der Waals surface area contributed by atoms with Crippen LogP contribution in [0.1, 0.15) is 37.8 Å². The van der Waals surface area contributed by atoms with Gasteiger partial charge in [-0.15, -0.1) is 0 Å². The van der Waals surface area contributed by atoms with Gasteiger partial charge >= 0.3 is 0 Å². The molecule has 1 saturated carbocycles. The predicted molar refractivity (Wildman–Crippen MR) is 88.8 cm³/mol. The average Bonchev–Trinajstić information content (AvgIpc) is 3.17. The summed E-state index contributed by atoms with van der Waals surface area (Å²) in [5.74, 6) is 0.485. The Morgan fingerprint density at radius 1 is 1.43 bits per heavy atom. The first-order valence-electron chi connectivity index (χ1n) is 7.08. The van der Waals surface area contributed by atoms with Gasteiger partial charge < -0.3 is 5.73 Å². The predicted octanol–water partition coefficient (Wildman–Crippen LogP) is 2.34. The Morgan fingerprint density at radius 2 is 2.05 bits per heavy atom. The lowest BCUT2D eigenvalue weighted by atomic mass is 9.93. The molecule has 1 aliphatic carbocycles. The summed E-state index contributed by atoms with van der Waals surface area (Å²) in [7, 11) is -3.49. The van der Waals surface area contributed by atoms with Crippen LogP contribution in [-0.2, 0) is 10.0 Å². The molecule has 21 heavy (non-hydrogen) atoms. The molecule has 2 rings (SSSR count). The third kappa shape index (κ3) is 3.44. The highest BCUT2D eigenvalue weighted by atomic mass is 32.2. The molecule has 1 aromatic rings. The first kappa shape index (κ1) is 16.4. The second-order valence-electron chi connectivity index (χ2n) is 6.18. The van der Waals surface area contributed by atoms with Crippen LogP contribution in [0.15, 0.2) is 23.1 Å². The lowest BCUT2D eigenvalue weighted by molar-refractivity contribution is 0.357. The molecule has 0 unspecified atom stereocenters. The Balaban J connectivity index is 2.17. The van der Waals surface area contributed by atoms with Crippen LogP contribution >= 0.6 is 12.2 Å². The highest BCUT2D eigenvalue weighted by molar-refractivity contribution is 7.89. The molecule has 0 atom stereocenters. The van der Waals surface area contributed by atoms with Crippen molar-refractivity contribution in [3.8, 4) is 0 Å². The van der Waals surface area contributed by atoms with Gasteiger partial charge in [0.15, 0.2) is 0 Å². The van der Waals surface area contributed by atoms with Gasteiger partial charge in [-0.2, -0.15) is 0 Å². The SMILES string of the molecule is Cc1cc(S(=O)(=O)NCC2(C(C)C)CC2)ccc1C(N)=S. The third-order valence-electron chi connectivity index (χ3n) is 4.50. The van der Waals surface area contributed by atoms with Crippen molar-refractivity contribution >= 4 is 27.2 Å². The zero-order chi connectivity index (χ0) is 15.8. The molecule has 116 valence electrons. The van der Waals surface area contributed by atoms with Gasteiger partial charge in [0.1, 0.15) is 4.99 Å². The summed E-state index contributed by atoms with van der Waals surface area (Å²) in [6.45, 7) is 6.60. The average molecular weight is 326 g/mol. The maximum atomic E-state index is 12.4. The topological polar surface area (TPSA) is 72.2 Å². The lowest BCUT2D eigenvalue weighted by Gasteiger charge is -2.20. The lowest BCUT2D eigenvalue weighted by Crippen LogP contribution is -2.32. The number of rotatable bonds is 6. The molecule has 0 saturated heterocycles. The second kappa shape index (κ2) is 5.66. The van der Waals surface area contributed by atoms with Crippen molar-refractivity contribution in [3.63, 3.8) is 0 Å². The number of sulfonamides is 1. The molecule has 1 aromatic carbocycles. The Labute approximate surface area is 132 Å². The quantitative estimate of drug-likeness (QED) is 0.787. The van der Waals surface area contributed by atoms with E-state index in [-0.39, 0.29) is 15.3 Å². The largest absolute Gasteiger partial charge is 0.389 e. The Kier molecular flexibility index (Phi) is 4.42. The van der Waals surface area contributed by atoms with Gasteiger partial charge in [0, 0.05) is 12.1 Å². The van der Waals surface area contributed by atoms with E-state index in [1.165, 1.54) is 0 Å². The van der Waals surface area contributed by atoms with Crippen molar-refractivity contribution in [3.05, 3.63) is 29.3 Å². The summed E-state index contributed by atoms with van der Waals surface area (Å²) in [6, 6.07) is 4.84. The zero-order valence-electron chi connectivity index (χ0n) is 12.6. The number of aryl methyl sites for hydroxylation is 1. The first-order valence-corrected chi connectivity index (χ1v) is 8.97. The molecule has 1 fully saturated rings. The van der Waals surface area contributed by atoms with Crippen molar-refractivity contribution in [1.29, 1.82) is 0 Å². The monoisotopic (exact) mass is 326 g/mol.